The van der Waals surface area contributed by atoms with Crippen molar-refractivity contribution in [2.24, 2.45) is 17.8 Å². The summed E-state index contributed by atoms with van der Waals surface area (Å²) in [6.07, 6.45) is 4.48. The summed E-state index contributed by atoms with van der Waals surface area (Å²) < 4.78 is 25.6. The molecule has 2 aromatic rings. The zero-order valence-corrected chi connectivity index (χ0v) is 21.0. The molecule has 11 nitrogen and oxygen atoms in total. The first-order valence-electron chi connectivity index (χ1n) is 11.1. The topological polar surface area (TPSA) is 159 Å². The molecule has 0 aromatic heterocycles. The number of carbonyl (C=O) groups is 2. The number of non-ortho nitro benzene ring substituents is 1. The summed E-state index contributed by atoms with van der Waals surface area (Å²) in [5, 5.41) is 20.2. The van der Waals surface area contributed by atoms with Gasteiger partial charge < -0.3 is 0 Å². The number of nitro benzene ring substituents is 1. The number of rotatable bonds is 12. The van der Waals surface area contributed by atoms with Gasteiger partial charge >= 0.3 is 0 Å². The summed E-state index contributed by atoms with van der Waals surface area (Å²) in [5.74, 6) is -3.53. The third-order valence-electron chi connectivity index (χ3n) is 5.33. The number of hydrazine groups is 1. The average molecular weight is 519 g/mol. The number of nitrogens with zero attached hydrogens (tertiary/aromatic N) is 2. The number of nitrogens with one attached hydrogen (secondary N) is 2. The highest BCUT2D eigenvalue weighted by atomic mass is 32.2. The van der Waals surface area contributed by atoms with Crippen molar-refractivity contribution < 1.29 is 28.1 Å². The number of anilines is 1. The van der Waals surface area contributed by atoms with Crippen molar-refractivity contribution in [1.82, 2.24) is 10.9 Å². The summed E-state index contributed by atoms with van der Waals surface area (Å²) in [7, 11) is -3.90. The Kier molecular flexibility index (Phi) is 10.1. The minimum absolute atomic E-state index is 0.0307. The number of sulfonamides is 1. The Morgan fingerprint density at radius 2 is 1.67 bits per heavy atom. The van der Waals surface area contributed by atoms with E-state index in [9.17, 15) is 33.3 Å². The van der Waals surface area contributed by atoms with E-state index in [1.54, 1.807) is 35.8 Å². The molecular formula is C24H30N4O7S. The van der Waals surface area contributed by atoms with Crippen molar-refractivity contribution >= 4 is 39.3 Å². The van der Waals surface area contributed by atoms with Crippen molar-refractivity contribution in [3.63, 3.8) is 0 Å². The number of hydrogen-bond donors (Lipinski definition) is 3. The number of hydroxylamine groups is 1. The molecule has 2 amide bonds. The third kappa shape index (κ3) is 8.17. The highest BCUT2D eigenvalue weighted by Crippen LogP contribution is 2.26. The van der Waals surface area contributed by atoms with E-state index >= 15 is 0 Å². The molecule has 2 aromatic carbocycles. The van der Waals surface area contributed by atoms with Gasteiger partial charge in [0.15, 0.2) is 0 Å². The molecule has 12 heteroatoms. The van der Waals surface area contributed by atoms with E-state index in [2.05, 4.69) is 5.43 Å². The lowest BCUT2D eigenvalue weighted by molar-refractivity contribution is -0.384. The van der Waals surface area contributed by atoms with E-state index < -0.39 is 38.6 Å². The van der Waals surface area contributed by atoms with Crippen LogP contribution in [0.15, 0.2) is 60.7 Å². The molecule has 0 saturated carbocycles. The molecule has 2 atom stereocenters. The van der Waals surface area contributed by atoms with Gasteiger partial charge in [0.25, 0.3) is 5.69 Å². The van der Waals surface area contributed by atoms with Crippen molar-refractivity contribution in [2.45, 2.75) is 26.7 Å². The second kappa shape index (κ2) is 12.8. The first-order chi connectivity index (χ1) is 16.9. The highest BCUT2D eigenvalue weighted by molar-refractivity contribution is 7.92. The van der Waals surface area contributed by atoms with E-state index in [-0.39, 0.29) is 30.1 Å². The molecule has 0 saturated heterocycles. The van der Waals surface area contributed by atoms with Gasteiger partial charge in [-0.1, -0.05) is 44.2 Å². The van der Waals surface area contributed by atoms with Crippen LogP contribution in [-0.4, -0.2) is 36.6 Å². The minimum atomic E-state index is -3.90. The van der Waals surface area contributed by atoms with Gasteiger partial charge in [-0.15, -0.1) is 0 Å². The Balaban J connectivity index is 2.32. The number of nitro groups is 1. The van der Waals surface area contributed by atoms with E-state index in [1.165, 1.54) is 36.4 Å². The monoisotopic (exact) mass is 518 g/mol. The smallest absolute Gasteiger partial charge is 0.269 e. The highest BCUT2D eigenvalue weighted by Gasteiger charge is 2.35. The Labute approximate surface area is 209 Å². The molecule has 0 bridgehead atoms. The Hall–Kier alpha value is -3.77. The summed E-state index contributed by atoms with van der Waals surface area (Å²) in [6, 6.07) is 13.7. The van der Waals surface area contributed by atoms with Crippen LogP contribution in [0.1, 0.15) is 32.3 Å². The van der Waals surface area contributed by atoms with Crippen LogP contribution in [0.3, 0.4) is 0 Å². The Morgan fingerprint density at radius 1 is 1.06 bits per heavy atom. The van der Waals surface area contributed by atoms with Gasteiger partial charge in [0.2, 0.25) is 21.8 Å². The van der Waals surface area contributed by atoms with Crippen LogP contribution in [0.4, 0.5) is 11.4 Å². The summed E-state index contributed by atoms with van der Waals surface area (Å²) >= 11 is 0. The average Bonchev–Trinajstić information content (AvgIpc) is 2.83. The van der Waals surface area contributed by atoms with Gasteiger partial charge in [-0.3, -0.25) is 30.3 Å². The lowest BCUT2D eigenvalue weighted by Crippen LogP contribution is -2.51. The lowest BCUT2D eigenvalue weighted by atomic mass is 9.82. The molecule has 36 heavy (non-hydrogen) atoms. The molecule has 0 spiro atoms. The maximum absolute atomic E-state index is 13.3. The van der Waals surface area contributed by atoms with Crippen molar-refractivity contribution in [3.05, 3.63) is 76.4 Å². The van der Waals surface area contributed by atoms with Crippen LogP contribution in [0, 0.1) is 27.9 Å². The standard InChI is InChI=1S/C24H30N4O7S/c1-17(2)16-22(23(29)25-27(36(3,34)35)19-9-5-4-6-10-19)21(24(30)26-31)11-7-8-18-12-14-20(15-13-18)28(32)33/h4-10,12-15,17,21-22,31H,11,16H2,1-3H3,(H,25,29)(H,26,30)/b8-7+/t21-,22+/m0/s1. The minimum Gasteiger partial charge on any atom is -0.289 e. The van der Waals surface area contributed by atoms with Gasteiger partial charge in [0.05, 0.1) is 28.7 Å². The molecule has 2 rings (SSSR count). The summed E-state index contributed by atoms with van der Waals surface area (Å²) in [5.41, 5.74) is 4.82. The number of hydrogen-bond acceptors (Lipinski definition) is 7. The molecular weight excluding hydrogens is 488 g/mol. The predicted molar refractivity (Wildman–Crippen MR) is 135 cm³/mol. The molecule has 0 unspecified atom stereocenters. The summed E-state index contributed by atoms with van der Waals surface area (Å²) in [6.45, 7) is 3.71. The first kappa shape index (κ1) is 28.5. The van der Waals surface area contributed by atoms with Crippen LogP contribution >= 0.6 is 0 Å². The largest absolute Gasteiger partial charge is 0.289 e. The quantitative estimate of drug-likeness (QED) is 0.221. The van der Waals surface area contributed by atoms with Gasteiger partial charge in [0, 0.05) is 12.1 Å². The normalized spacial score (nSPS) is 13.2. The molecule has 3 N–H and O–H groups in total. The zero-order valence-electron chi connectivity index (χ0n) is 20.2. The number of carbonyl (C=O) groups excluding carboxylic acids is 2. The van der Waals surface area contributed by atoms with Gasteiger partial charge in [-0.2, -0.15) is 4.41 Å². The molecule has 0 radical (unpaired) electrons. The fraction of sp³-hybridized carbons (Fsp3) is 0.333. The number of para-hydroxylation sites is 1. The van der Waals surface area contributed by atoms with Crippen LogP contribution in [0.5, 0.6) is 0 Å². The first-order valence-corrected chi connectivity index (χ1v) is 13.0. The van der Waals surface area contributed by atoms with Crippen molar-refractivity contribution in [3.8, 4) is 0 Å². The molecule has 0 aliphatic carbocycles. The van der Waals surface area contributed by atoms with E-state index in [0.717, 1.165) is 10.7 Å². The number of benzene rings is 2. The SMILES string of the molecule is CC(C)C[C@@H](C(=O)NN(c1ccccc1)S(C)(=O)=O)[C@H](C/C=C/c1ccc([N+](=O)[O-])cc1)C(=O)NO. The Morgan fingerprint density at radius 3 is 2.17 bits per heavy atom. The molecule has 0 heterocycles. The van der Waals surface area contributed by atoms with Crippen LogP contribution < -0.4 is 15.3 Å². The third-order valence-corrected chi connectivity index (χ3v) is 6.30. The van der Waals surface area contributed by atoms with Crippen molar-refractivity contribution in [2.75, 3.05) is 10.7 Å². The van der Waals surface area contributed by atoms with E-state index in [1.807, 2.05) is 13.8 Å². The van der Waals surface area contributed by atoms with Gasteiger partial charge in [0.1, 0.15) is 0 Å². The van der Waals surface area contributed by atoms with Crippen molar-refractivity contribution in [1.29, 1.82) is 0 Å². The number of amides is 2. The molecule has 0 fully saturated rings. The molecule has 0 aliphatic rings. The van der Waals surface area contributed by atoms with Crippen LogP contribution in [0.25, 0.3) is 6.08 Å². The fourth-order valence-corrected chi connectivity index (χ4v) is 4.40. The molecule has 0 aliphatic heterocycles. The molecule has 194 valence electrons. The van der Waals surface area contributed by atoms with E-state index in [4.69, 9.17) is 0 Å². The van der Waals surface area contributed by atoms with Crippen LogP contribution in [0.2, 0.25) is 0 Å². The predicted octanol–water partition coefficient (Wildman–Crippen LogP) is 3.28. The number of allylic oxidation sites excluding steroid dienone is 1. The fourth-order valence-electron chi connectivity index (χ4n) is 3.64. The van der Waals surface area contributed by atoms with Gasteiger partial charge in [-0.25, -0.2) is 13.9 Å². The van der Waals surface area contributed by atoms with E-state index in [0.29, 0.717) is 5.56 Å². The maximum atomic E-state index is 13.3. The van der Waals surface area contributed by atoms with Crippen LogP contribution in [-0.2, 0) is 19.6 Å². The summed E-state index contributed by atoms with van der Waals surface area (Å²) in [4.78, 5) is 36.2. The van der Waals surface area contributed by atoms with Gasteiger partial charge in [-0.05, 0) is 48.6 Å². The Bertz CT molecular complexity index is 1180. The second-order valence-electron chi connectivity index (χ2n) is 8.64. The second-order valence-corrected chi connectivity index (χ2v) is 10.5. The lowest BCUT2D eigenvalue weighted by Gasteiger charge is -2.29. The zero-order chi connectivity index (χ0) is 26.9. The maximum Gasteiger partial charge on any atom is 0.269 e.